The van der Waals surface area contributed by atoms with E-state index in [1.165, 1.54) is 4.90 Å². The molecule has 0 saturated carbocycles. The summed E-state index contributed by atoms with van der Waals surface area (Å²) >= 11 is 0. The first kappa shape index (κ1) is 22.9. The number of carbonyl (C=O) groups is 3. The van der Waals surface area contributed by atoms with Crippen LogP contribution in [0.4, 0.5) is 16.2 Å². The van der Waals surface area contributed by atoms with Gasteiger partial charge in [0, 0.05) is 66.5 Å². The average Bonchev–Trinajstić information content (AvgIpc) is 3.44. The van der Waals surface area contributed by atoms with E-state index in [1.54, 1.807) is 43.3 Å². The zero-order valence-corrected chi connectivity index (χ0v) is 19.5. The third-order valence-electron chi connectivity index (χ3n) is 6.11. The number of benzene rings is 1. The molecule has 1 fully saturated rings. The lowest BCUT2D eigenvalue weighted by Gasteiger charge is -2.21. The lowest BCUT2D eigenvalue weighted by molar-refractivity contribution is -0.110. The van der Waals surface area contributed by atoms with Crippen molar-refractivity contribution in [1.29, 1.82) is 0 Å². The summed E-state index contributed by atoms with van der Waals surface area (Å²) in [6.07, 6.45) is 2.42. The van der Waals surface area contributed by atoms with Gasteiger partial charge in [0.05, 0.1) is 11.1 Å². The second-order valence-electron chi connectivity index (χ2n) is 8.68. The normalized spacial score (nSPS) is 17.9. The van der Waals surface area contributed by atoms with Gasteiger partial charge in [0.25, 0.3) is 11.8 Å². The first-order chi connectivity index (χ1) is 16.2. The lowest BCUT2D eigenvalue weighted by atomic mass is 10.0. The summed E-state index contributed by atoms with van der Waals surface area (Å²) in [5, 5.41) is 9.39. The van der Waals surface area contributed by atoms with Gasteiger partial charge in [-0.25, -0.2) is 4.79 Å². The van der Waals surface area contributed by atoms with E-state index in [0.29, 0.717) is 59.0 Å². The Balaban J connectivity index is 1.55. The highest BCUT2D eigenvalue weighted by Gasteiger charge is 2.30. The van der Waals surface area contributed by atoms with Gasteiger partial charge in [0.2, 0.25) is 0 Å². The zero-order valence-electron chi connectivity index (χ0n) is 19.5. The van der Waals surface area contributed by atoms with Gasteiger partial charge in [-0.15, -0.1) is 0 Å². The summed E-state index contributed by atoms with van der Waals surface area (Å²) in [5.74, 6) is -0.488. The summed E-state index contributed by atoms with van der Waals surface area (Å²) < 4.78 is 0. The van der Waals surface area contributed by atoms with Crippen molar-refractivity contribution in [2.24, 2.45) is 5.11 Å². The number of aryl methyl sites for hydroxylation is 1. The first-order valence-electron chi connectivity index (χ1n) is 10.9. The predicted octanol–water partition coefficient (Wildman–Crippen LogP) is 3.55. The second kappa shape index (κ2) is 8.95. The number of nitrogens with one attached hydrogen (secondary N) is 3. The minimum Gasteiger partial charge on any atom is -0.358 e. The summed E-state index contributed by atoms with van der Waals surface area (Å²) in [5.41, 5.74) is 13.4. The number of urea groups is 1. The molecule has 1 aromatic carbocycles. The molecule has 0 unspecified atom stereocenters. The molecule has 11 nitrogen and oxygen atoms in total. The fourth-order valence-electron chi connectivity index (χ4n) is 4.44. The zero-order chi connectivity index (χ0) is 24.6. The lowest BCUT2D eigenvalue weighted by Crippen LogP contribution is -2.41. The third kappa shape index (κ3) is 4.20. The molecule has 2 aliphatic rings. The number of anilines is 1. The Bertz CT molecular complexity index is 1270. The Labute approximate surface area is 196 Å². The van der Waals surface area contributed by atoms with Crippen LogP contribution in [0.1, 0.15) is 39.3 Å². The van der Waals surface area contributed by atoms with Crippen molar-refractivity contribution in [2.75, 3.05) is 32.5 Å². The van der Waals surface area contributed by atoms with Crippen molar-refractivity contribution in [1.82, 2.24) is 20.1 Å². The number of likely N-dealkylation sites (tertiary alicyclic amines) is 1. The maximum Gasteiger partial charge on any atom is 0.319 e. The van der Waals surface area contributed by atoms with Crippen LogP contribution in [0.25, 0.3) is 22.1 Å². The number of aromatic nitrogens is 1. The molecule has 4 amide bonds. The fourth-order valence-corrected chi connectivity index (χ4v) is 4.44. The number of hydrogen-bond acceptors (Lipinski definition) is 4. The Morgan fingerprint density at radius 3 is 2.79 bits per heavy atom. The van der Waals surface area contributed by atoms with E-state index >= 15 is 0 Å². The molecule has 0 radical (unpaired) electrons. The van der Waals surface area contributed by atoms with Crippen LogP contribution in [0.2, 0.25) is 0 Å². The number of azide groups is 1. The topological polar surface area (TPSA) is 146 Å². The molecule has 176 valence electrons. The molecule has 0 aliphatic carbocycles. The molecule has 2 aromatic rings. The van der Waals surface area contributed by atoms with Crippen molar-refractivity contribution >= 4 is 40.9 Å². The van der Waals surface area contributed by atoms with Gasteiger partial charge in [-0.3, -0.25) is 9.59 Å². The van der Waals surface area contributed by atoms with Crippen LogP contribution in [0.15, 0.2) is 23.3 Å². The molecule has 0 spiro atoms. The minimum atomic E-state index is -0.276. The standard InChI is InChI=1S/C23H26N8O3/c1-12-18(10-17-16-6-5-14(28-29-24)9-19(16)27-21(17)32)25-13(2)20(12)22(33)26-15-7-8-31(11-15)23(34)30(3)4/h5-6,9-10,15,25H,7-8,11H2,1-4H3,(H,26,33)(H,27,32)/b17-10-/t15-/m0/s1. The highest BCUT2D eigenvalue weighted by atomic mass is 16.2. The van der Waals surface area contributed by atoms with Crippen molar-refractivity contribution < 1.29 is 14.4 Å². The molecule has 1 atom stereocenters. The Morgan fingerprint density at radius 1 is 1.32 bits per heavy atom. The van der Waals surface area contributed by atoms with Crippen molar-refractivity contribution in [3.63, 3.8) is 0 Å². The van der Waals surface area contributed by atoms with Crippen LogP contribution in [0, 0.1) is 13.8 Å². The van der Waals surface area contributed by atoms with Crippen LogP contribution in [0.5, 0.6) is 0 Å². The number of fused-ring (bicyclic) bond motifs is 1. The molecule has 0 bridgehead atoms. The van der Waals surface area contributed by atoms with Gasteiger partial charge in [0.1, 0.15) is 0 Å². The van der Waals surface area contributed by atoms with Crippen molar-refractivity contribution in [3.8, 4) is 0 Å². The summed E-state index contributed by atoms with van der Waals surface area (Å²) in [6, 6.07) is 4.80. The molecule has 4 rings (SSSR count). The smallest absolute Gasteiger partial charge is 0.319 e. The van der Waals surface area contributed by atoms with Gasteiger partial charge < -0.3 is 25.4 Å². The van der Waals surface area contributed by atoms with E-state index < -0.39 is 0 Å². The Morgan fingerprint density at radius 2 is 2.09 bits per heavy atom. The van der Waals surface area contributed by atoms with E-state index in [2.05, 4.69) is 25.6 Å². The number of aromatic amines is 1. The van der Waals surface area contributed by atoms with E-state index in [9.17, 15) is 14.4 Å². The number of amides is 4. The van der Waals surface area contributed by atoms with Gasteiger partial charge in [0.15, 0.2) is 0 Å². The van der Waals surface area contributed by atoms with Crippen LogP contribution in [-0.4, -0.2) is 65.9 Å². The maximum atomic E-state index is 13.1. The monoisotopic (exact) mass is 462 g/mol. The van der Waals surface area contributed by atoms with Gasteiger partial charge in [-0.05, 0) is 43.5 Å². The number of H-pyrrole nitrogens is 1. The first-order valence-corrected chi connectivity index (χ1v) is 10.9. The number of carbonyl (C=O) groups excluding carboxylic acids is 3. The largest absolute Gasteiger partial charge is 0.358 e. The maximum absolute atomic E-state index is 13.1. The van der Waals surface area contributed by atoms with Crippen LogP contribution in [0.3, 0.4) is 0 Å². The predicted molar refractivity (Wildman–Crippen MR) is 129 cm³/mol. The molecule has 1 aromatic heterocycles. The van der Waals surface area contributed by atoms with Crippen LogP contribution >= 0.6 is 0 Å². The van der Waals surface area contributed by atoms with Crippen molar-refractivity contribution in [3.05, 3.63) is 56.7 Å². The van der Waals surface area contributed by atoms with E-state index in [4.69, 9.17) is 5.53 Å². The molecule has 3 heterocycles. The summed E-state index contributed by atoms with van der Waals surface area (Å²) in [6.45, 7) is 4.71. The number of nitrogens with zero attached hydrogens (tertiary/aromatic N) is 5. The molecule has 34 heavy (non-hydrogen) atoms. The van der Waals surface area contributed by atoms with Gasteiger partial charge in [-0.1, -0.05) is 17.2 Å². The van der Waals surface area contributed by atoms with Gasteiger partial charge in [-0.2, -0.15) is 0 Å². The average molecular weight is 463 g/mol. The highest BCUT2D eigenvalue weighted by molar-refractivity contribution is 6.35. The minimum absolute atomic E-state index is 0.0682. The fraction of sp³-hybridized carbons (Fsp3) is 0.348. The molecular weight excluding hydrogens is 436 g/mol. The quantitative estimate of drug-likeness (QED) is 0.276. The van der Waals surface area contributed by atoms with Crippen LogP contribution < -0.4 is 10.6 Å². The van der Waals surface area contributed by atoms with E-state index in [1.807, 2.05) is 13.8 Å². The molecule has 1 saturated heterocycles. The van der Waals surface area contributed by atoms with E-state index in [0.717, 1.165) is 5.56 Å². The molecule has 3 N–H and O–H groups in total. The highest BCUT2D eigenvalue weighted by Crippen LogP contribution is 2.36. The van der Waals surface area contributed by atoms with E-state index in [-0.39, 0.29) is 23.9 Å². The Kier molecular flexibility index (Phi) is 6.04. The summed E-state index contributed by atoms with van der Waals surface area (Å²) in [7, 11) is 3.41. The number of hydrogen-bond donors (Lipinski definition) is 3. The number of rotatable bonds is 4. The van der Waals surface area contributed by atoms with Crippen LogP contribution in [-0.2, 0) is 4.79 Å². The SMILES string of the molecule is Cc1[nH]c(/C=C2\C(=O)Nc3cc(N=[N+]=[N-])ccc32)c(C)c1C(=O)N[C@H]1CCN(C(=O)N(C)C)C1. The third-order valence-corrected chi connectivity index (χ3v) is 6.11. The molecule has 11 heteroatoms. The molecular formula is C23H26N8O3. The second-order valence-corrected chi connectivity index (χ2v) is 8.68. The summed E-state index contributed by atoms with van der Waals surface area (Å²) in [4.78, 5) is 47.1. The Hall–Kier alpha value is -4.24. The van der Waals surface area contributed by atoms with Crippen molar-refractivity contribution in [2.45, 2.75) is 26.3 Å². The molecule has 2 aliphatic heterocycles. The van der Waals surface area contributed by atoms with Gasteiger partial charge >= 0.3 is 6.03 Å².